The molecular weight excluding hydrogens is 272 g/mol. The second-order valence-electron chi connectivity index (χ2n) is 6.21. The van der Waals surface area contributed by atoms with Gasteiger partial charge in [-0.15, -0.1) is 0 Å². The molecule has 1 aliphatic rings. The number of nitrogens with one attached hydrogen (secondary N) is 1. The second kappa shape index (κ2) is 5.81. The van der Waals surface area contributed by atoms with Crippen molar-refractivity contribution >= 4 is 18.9 Å². The number of carbonyl (C=O) groups excluding carboxylic acids is 1. The highest BCUT2D eigenvalue weighted by Crippen LogP contribution is 2.64. The number of anilines is 1. The lowest BCUT2D eigenvalue weighted by Gasteiger charge is -2.24. The molecule has 4 heteroatoms. The largest absolute Gasteiger partial charge is 0.322 e. The first-order valence-corrected chi connectivity index (χ1v) is 9.93. The monoisotopic (exact) mass is 296 g/mol. The van der Waals surface area contributed by atoms with Gasteiger partial charge in [0.15, 0.2) is 0 Å². The van der Waals surface area contributed by atoms with E-state index in [2.05, 4.69) is 18.9 Å². The molecule has 1 amide bonds. The van der Waals surface area contributed by atoms with Crippen LogP contribution >= 0.6 is 7.26 Å². The van der Waals surface area contributed by atoms with Gasteiger partial charge in [-0.05, 0) is 56.9 Å². The topological polar surface area (TPSA) is 29.1 Å². The zero-order valence-electron chi connectivity index (χ0n) is 12.8. The van der Waals surface area contributed by atoms with Crippen LogP contribution in [-0.4, -0.2) is 30.6 Å². The Morgan fingerprint density at radius 3 is 2.25 bits per heavy atom. The molecule has 0 spiro atoms. The van der Waals surface area contributed by atoms with Crippen LogP contribution in [-0.2, 0) is 4.79 Å². The van der Waals surface area contributed by atoms with Gasteiger partial charge in [0.05, 0.1) is 12.3 Å². The highest BCUT2D eigenvalue weighted by atomic mass is 31.2. The van der Waals surface area contributed by atoms with Crippen LogP contribution in [0, 0.1) is 19.7 Å². The summed E-state index contributed by atoms with van der Waals surface area (Å²) in [5.74, 6) is -0.151. The van der Waals surface area contributed by atoms with Gasteiger partial charge >= 0.3 is 0 Å². The van der Waals surface area contributed by atoms with E-state index >= 15 is 0 Å². The van der Waals surface area contributed by atoms with Gasteiger partial charge < -0.3 is 5.32 Å². The SMILES string of the molecule is Cc1cc(F)cc(C)c1NC(=O)C(C)[P+]1(C)CCCC1. The normalized spacial score (nSPS) is 18.9. The maximum absolute atomic E-state index is 13.3. The molecule has 1 unspecified atom stereocenters. The van der Waals surface area contributed by atoms with Gasteiger partial charge in [-0.1, -0.05) is 0 Å². The molecule has 2 rings (SSSR count). The number of benzene rings is 1. The van der Waals surface area contributed by atoms with Gasteiger partial charge in [0.25, 0.3) is 5.91 Å². The maximum atomic E-state index is 13.3. The smallest absolute Gasteiger partial charge is 0.264 e. The lowest BCUT2D eigenvalue weighted by Crippen LogP contribution is -2.29. The summed E-state index contributed by atoms with van der Waals surface area (Å²) in [6.45, 7) is 8.04. The Bertz CT molecular complexity index is 500. The molecule has 0 bridgehead atoms. The molecule has 1 aliphatic heterocycles. The van der Waals surface area contributed by atoms with E-state index in [1.54, 1.807) is 0 Å². The third kappa shape index (κ3) is 3.03. The number of carbonyl (C=O) groups is 1. The number of amides is 1. The molecule has 1 heterocycles. The Balaban J connectivity index is 2.16. The minimum absolute atomic E-state index is 0.0915. The first-order valence-electron chi connectivity index (χ1n) is 7.25. The molecule has 20 heavy (non-hydrogen) atoms. The molecule has 0 aromatic heterocycles. The van der Waals surface area contributed by atoms with Crippen molar-refractivity contribution < 1.29 is 9.18 Å². The fraction of sp³-hybridized carbons (Fsp3) is 0.562. The fourth-order valence-electron chi connectivity index (χ4n) is 3.06. The zero-order valence-corrected chi connectivity index (χ0v) is 13.7. The van der Waals surface area contributed by atoms with Crippen LogP contribution in [0.15, 0.2) is 12.1 Å². The zero-order chi connectivity index (χ0) is 14.9. The molecule has 0 radical (unpaired) electrons. The van der Waals surface area contributed by atoms with Crippen molar-refractivity contribution in [2.24, 2.45) is 0 Å². The number of hydrogen-bond donors (Lipinski definition) is 1. The van der Waals surface area contributed by atoms with Crippen LogP contribution < -0.4 is 5.32 Å². The fourth-order valence-corrected chi connectivity index (χ4v) is 6.58. The van der Waals surface area contributed by atoms with Gasteiger partial charge in [0.1, 0.15) is 11.5 Å². The first kappa shape index (κ1) is 15.4. The van der Waals surface area contributed by atoms with E-state index in [1.165, 1.54) is 37.3 Å². The van der Waals surface area contributed by atoms with E-state index in [9.17, 15) is 9.18 Å². The van der Waals surface area contributed by atoms with Crippen molar-refractivity contribution in [2.75, 3.05) is 24.3 Å². The Morgan fingerprint density at radius 2 is 1.75 bits per heavy atom. The Morgan fingerprint density at radius 1 is 1.25 bits per heavy atom. The summed E-state index contributed by atoms with van der Waals surface area (Å²) >= 11 is 0. The summed E-state index contributed by atoms with van der Waals surface area (Å²) in [7, 11) is -1.13. The van der Waals surface area contributed by atoms with Gasteiger partial charge in [0.2, 0.25) is 0 Å². The molecule has 1 N–H and O–H groups in total. The van der Waals surface area contributed by atoms with Crippen molar-refractivity contribution in [3.05, 3.63) is 29.1 Å². The van der Waals surface area contributed by atoms with E-state index in [-0.39, 0.29) is 17.4 Å². The first-order chi connectivity index (χ1) is 9.33. The average Bonchev–Trinajstić information content (AvgIpc) is 2.80. The van der Waals surface area contributed by atoms with Crippen molar-refractivity contribution in [1.82, 2.24) is 0 Å². The molecule has 0 saturated carbocycles. The summed E-state index contributed by atoms with van der Waals surface area (Å²) in [6.07, 6.45) is 4.97. The number of aryl methyl sites for hydroxylation is 2. The van der Waals surface area contributed by atoms with E-state index in [0.717, 1.165) is 16.8 Å². The van der Waals surface area contributed by atoms with E-state index < -0.39 is 7.26 Å². The van der Waals surface area contributed by atoms with Crippen LogP contribution in [0.5, 0.6) is 0 Å². The minimum Gasteiger partial charge on any atom is -0.322 e. The average molecular weight is 296 g/mol. The minimum atomic E-state index is -1.13. The molecule has 1 aromatic rings. The second-order valence-corrected chi connectivity index (χ2v) is 10.8. The molecule has 0 aliphatic carbocycles. The summed E-state index contributed by atoms with van der Waals surface area (Å²) < 4.78 is 13.3. The molecular formula is C16H24FNOP+. The predicted molar refractivity (Wildman–Crippen MR) is 85.8 cm³/mol. The number of halogens is 1. The summed E-state index contributed by atoms with van der Waals surface area (Å²) in [5.41, 5.74) is 2.44. The number of rotatable bonds is 3. The maximum Gasteiger partial charge on any atom is 0.264 e. The van der Waals surface area contributed by atoms with Gasteiger partial charge in [0, 0.05) is 19.6 Å². The Labute approximate surface area is 121 Å². The van der Waals surface area contributed by atoms with Crippen molar-refractivity contribution in [3.8, 4) is 0 Å². The molecule has 1 atom stereocenters. The molecule has 110 valence electrons. The number of hydrogen-bond acceptors (Lipinski definition) is 1. The summed E-state index contributed by atoms with van der Waals surface area (Å²) in [6, 6.07) is 2.94. The van der Waals surface area contributed by atoms with Crippen LogP contribution in [0.4, 0.5) is 10.1 Å². The van der Waals surface area contributed by atoms with E-state index in [0.29, 0.717) is 0 Å². The van der Waals surface area contributed by atoms with Gasteiger partial charge in [-0.25, -0.2) is 4.39 Å². The molecule has 1 aromatic carbocycles. The summed E-state index contributed by atoms with van der Waals surface area (Å²) in [5, 5.41) is 3.03. The van der Waals surface area contributed by atoms with Crippen molar-refractivity contribution in [3.63, 3.8) is 0 Å². The van der Waals surface area contributed by atoms with Crippen LogP contribution in [0.25, 0.3) is 0 Å². The Kier molecular flexibility index (Phi) is 4.49. The van der Waals surface area contributed by atoms with Crippen molar-refractivity contribution in [1.29, 1.82) is 0 Å². The van der Waals surface area contributed by atoms with E-state index in [1.807, 2.05) is 13.8 Å². The standard InChI is InChI=1S/C16H23FNOP/c1-11-9-14(17)10-12(2)15(11)18-16(19)13(3)20(4)7-5-6-8-20/h9-10,13H,5-8H2,1-4H3/p+1. The van der Waals surface area contributed by atoms with Crippen LogP contribution in [0.3, 0.4) is 0 Å². The van der Waals surface area contributed by atoms with Crippen LogP contribution in [0.2, 0.25) is 0 Å². The van der Waals surface area contributed by atoms with Gasteiger partial charge in [-0.2, -0.15) is 0 Å². The van der Waals surface area contributed by atoms with Crippen molar-refractivity contribution in [2.45, 2.75) is 39.3 Å². The Hall–Kier alpha value is -0.950. The molecule has 1 saturated heterocycles. The lowest BCUT2D eigenvalue weighted by molar-refractivity contribution is -0.115. The van der Waals surface area contributed by atoms with Crippen LogP contribution in [0.1, 0.15) is 30.9 Å². The lowest BCUT2D eigenvalue weighted by atomic mass is 10.1. The quantitative estimate of drug-likeness (QED) is 0.832. The third-order valence-corrected chi connectivity index (χ3v) is 9.43. The molecule has 1 fully saturated rings. The summed E-state index contributed by atoms with van der Waals surface area (Å²) in [4.78, 5) is 12.5. The van der Waals surface area contributed by atoms with E-state index in [4.69, 9.17) is 0 Å². The molecule has 2 nitrogen and oxygen atoms in total. The highest BCUT2D eigenvalue weighted by Gasteiger charge is 2.45. The predicted octanol–water partition coefficient (Wildman–Crippen LogP) is 4.21. The van der Waals surface area contributed by atoms with Gasteiger partial charge in [-0.3, -0.25) is 4.79 Å². The third-order valence-electron chi connectivity index (χ3n) is 4.65. The highest BCUT2D eigenvalue weighted by molar-refractivity contribution is 7.76.